The van der Waals surface area contributed by atoms with E-state index in [-0.39, 0.29) is 5.91 Å². The van der Waals surface area contributed by atoms with Crippen LogP contribution in [0, 0.1) is 0 Å². The third kappa shape index (κ3) is 1.90. The van der Waals surface area contributed by atoms with Crippen LogP contribution in [0.2, 0.25) is 0 Å². The number of hydrogen-bond acceptors (Lipinski definition) is 4. The lowest BCUT2D eigenvalue weighted by Gasteiger charge is -2.15. The number of benzene rings is 2. The van der Waals surface area contributed by atoms with Crippen molar-refractivity contribution in [3.05, 3.63) is 59.9 Å². The molecule has 108 valence electrons. The maximum absolute atomic E-state index is 12.6. The van der Waals surface area contributed by atoms with Gasteiger partial charge in [-0.2, -0.15) is 0 Å². The van der Waals surface area contributed by atoms with Gasteiger partial charge in [0.2, 0.25) is 0 Å². The van der Waals surface area contributed by atoms with Gasteiger partial charge in [0.1, 0.15) is 5.75 Å². The van der Waals surface area contributed by atoms with Crippen LogP contribution in [0.15, 0.2) is 48.8 Å². The van der Waals surface area contributed by atoms with E-state index in [1.54, 1.807) is 30.5 Å². The third-order valence-corrected chi connectivity index (χ3v) is 3.89. The number of methoxy groups -OCH3 is 1. The van der Waals surface area contributed by atoms with Gasteiger partial charge in [0.25, 0.3) is 5.91 Å². The predicted molar refractivity (Wildman–Crippen MR) is 83.0 cm³/mol. The molecule has 0 radical (unpaired) electrons. The molecule has 5 heteroatoms. The maximum Gasteiger partial charge on any atom is 0.259 e. The molecule has 0 bridgehead atoms. The zero-order chi connectivity index (χ0) is 15.1. The highest BCUT2D eigenvalue weighted by Crippen LogP contribution is 2.31. The van der Waals surface area contributed by atoms with Crippen molar-refractivity contribution in [2.45, 2.75) is 6.54 Å². The van der Waals surface area contributed by atoms with Crippen LogP contribution in [0.25, 0.3) is 11.0 Å². The van der Waals surface area contributed by atoms with Crippen LogP contribution in [-0.2, 0) is 6.54 Å². The first-order chi connectivity index (χ1) is 10.8. The van der Waals surface area contributed by atoms with Crippen LogP contribution in [0.3, 0.4) is 0 Å². The lowest BCUT2D eigenvalue weighted by atomic mass is 10.1. The molecule has 4 rings (SSSR count). The van der Waals surface area contributed by atoms with Gasteiger partial charge in [0.15, 0.2) is 0 Å². The SMILES string of the molecule is COc1ccc2c(c1)C(=O)N(c1ccc3nccnc3c1)C2. The minimum absolute atomic E-state index is 0.0165. The summed E-state index contributed by atoms with van der Waals surface area (Å²) in [6.07, 6.45) is 3.31. The molecule has 5 nitrogen and oxygen atoms in total. The van der Waals surface area contributed by atoms with Crippen molar-refractivity contribution in [2.24, 2.45) is 0 Å². The minimum atomic E-state index is -0.0165. The summed E-state index contributed by atoms with van der Waals surface area (Å²) in [7, 11) is 1.60. The Morgan fingerprint density at radius 2 is 1.86 bits per heavy atom. The Morgan fingerprint density at radius 1 is 1.05 bits per heavy atom. The Hall–Kier alpha value is -2.95. The predicted octanol–water partition coefficient (Wildman–Crippen LogP) is 2.80. The molecule has 2 aromatic carbocycles. The highest BCUT2D eigenvalue weighted by molar-refractivity contribution is 6.10. The van der Waals surface area contributed by atoms with Crippen molar-refractivity contribution >= 4 is 22.6 Å². The maximum atomic E-state index is 12.6. The molecule has 0 unspecified atom stereocenters. The molecule has 0 spiro atoms. The first kappa shape index (κ1) is 12.8. The number of ether oxygens (including phenoxy) is 1. The van der Waals surface area contributed by atoms with E-state index in [1.807, 2.05) is 30.3 Å². The van der Waals surface area contributed by atoms with E-state index < -0.39 is 0 Å². The number of anilines is 1. The van der Waals surface area contributed by atoms with Crippen molar-refractivity contribution in [3.63, 3.8) is 0 Å². The van der Waals surface area contributed by atoms with Gasteiger partial charge in [-0.05, 0) is 35.9 Å². The molecule has 0 saturated heterocycles. The first-order valence-corrected chi connectivity index (χ1v) is 6.96. The molecule has 0 N–H and O–H groups in total. The van der Waals surface area contributed by atoms with Gasteiger partial charge in [0.05, 0.1) is 24.7 Å². The summed E-state index contributed by atoms with van der Waals surface area (Å²) in [5.74, 6) is 0.676. The average Bonchev–Trinajstić information content (AvgIpc) is 2.90. The molecule has 0 saturated carbocycles. The normalized spacial score (nSPS) is 13.5. The van der Waals surface area contributed by atoms with Crippen LogP contribution in [0.1, 0.15) is 15.9 Å². The first-order valence-electron chi connectivity index (χ1n) is 6.96. The quantitative estimate of drug-likeness (QED) is 0.728. The molecular formula is C17H13N3O2. The van der Waals surface area contributed by atoms with Gasteiger partial charge < -0.3 is 9.64 Å². The topological polar surface area (TPSA) is 55.3 Å². The number of carbonyl (C=O) groups excluding carboxylic acids is 1. The number of amides is 1. The van der Waals surface area contributed by atoms with E-state index in [0.29, 0.717) is 17.9 Å². The summed E-state index contributed by atoms with van der Waals surface area (Å²) in [5.41, 5.74) is 4.12. The smallest absolute Gasteiger partial charge is 0.259 e. The molecule has 3 aromatic rings. The zero-order valence-corrected chi connectivity index (χ0v) is 12.0. The Labute approximate surface area is 127 Å². The summed E-state index contributed by atoms with van der Waals surface area (Å²) in [6.45, 7) is 0.559. The molecule has 1 aliphatic rings. The van der Waals surface area contributed by atoms with Crippen molar-refractivity contribution in [1.82, 2.24) is 9.97 Å². The average molecular weight is 291 g/mol. The number of aromatic nitrogens is 2. The Kier molecular flexibility index (Phi) is 2.79. The van der Waals surface area contributed by atoms with Crippen LogP contribution in [0.5, 0.6) is 5.75 Å². The summed E-state index contributed by atoms with van der Waals surface area (Å²) < 4.78 is 5.20. The highest BCUT2D eigenvalue weighted by Gasteiger charge is 2.29. The largest absolute Gasteiger partial charge is 0.497 e. The van der Waals surface area contributed by atoms with Gasteiger partial charge in [-0.25, -0.2) is 0 Å². The van der Waals surface area contributed by atoms with Gasteiger partial charge >= 0.3 is 0 Å². The molecule has 0 aliphatic carbocycles. The second-order valence-electron chi connectivity index (χ2n) is 5.14. The molecule has 2 heterocycles. The highest BCUT2D eigenvalue weighted by atomic mass is 16.5. The fourth-order valence-electron chi connectivity index (χ4n) is 2.74. The molecule has 1 aromatic heterocycles. The van der Waals surface area contributed by atoms with Crippen molar-refractivity contribution in [1.29, 1.82) is 0 Å². The number of nitrogens with zero attached hydrogens (tertiary/aromatic N) is 3. The number of rotatable bonds is 2. The Morgan fingerprint density at radius 3 is 2.68 bits per heavy atom. The van der Waals surface area contributed by atoms with Crippen LogP contribution < -0.4 is 9.64 Å². The Bertz CT molecular complexity index is 892. The monoisotopic (exact) mass is 291 g/mol. The molecule has 1 aliphatic heterocycles. The summed E-state index contributed by atoms with van der Waals surface area (Å²) in [4.78, 5) is 22.9. The molecule has 1 amide bonds. The fourth-order valence-corrected chi connectivity index (χ4v) is 2.74. The van der Waals surface area contributed by atoms with E-state index in [2.05, 4.69) is 9.97 Å². The summed E-state index contributed by atoms with van der Waals surface area (Å²) >= 11 is 0. The lowest BCUT2D eigenvalue weighted by molar-refractivity contribution is 0.0996. The summed E-state index contributed by atoms with van der Waals surface area (Å²) in [5, 5.41) is 0. The van der Waals surface area contributed by atoms with E-state index >= 15 is 0 Å². The van der Waals surface area contributed by atoms with E-state index in [4.69, 9.17) is 4.74 Å². The zero-order valence-electron chi connectivity index (χ0n) is 12.0. The van der Waals surface area contributed by atoms with Crippen molar-refractivity contribution in [2.75, 3.05) is 12.0 Å². The van der Waals surface area contributed by atoms with Gasteiger partial charge in [-0.15, -0.1) is 0 Å². The van der Waals surface area contributed by atoms with Gasteiger partial charge in [-0.3, -0.25) is 14.8 Å². The van der Waals surface area contributed by atoms with E-state index in [0.717, 1.165) is 22.3 Å². The number of carbonyl (C=O) groups is 1. The standard InChI is InChI=1S/C17H13N3O2/c1-22-13-4-2-11-10-20(17(21)14(11)9-13)12-3-5-15-16(8-12)19-7-6-18-15/h2-9H,10H2,1H3. The molecule has 0 fully saturated rings. The van der Waals surface area contributed by atoms with Gasteiger partial charge in [0, 0.05) is 23.6 Å². The van der Waals surface area contributed by atoms with Crippen LogP contribution in [-0.4, -0.2) is 23.0 Å². The molecule has 0 atom stereocenters. The van der Waals surface area contributed by atoms with E-state index in [9.17, 15) is 4.79 Å². The van der Waals surface area contributed by atoms with Crippen molar-refractivity contribution < 1.29 is 9.53 Å². The Balaban J connectivity index is 1.75. The fraction of sp³-hybridized carbons (Fsp3) is 0.118. The number of fused-ring (bicyclic) bond motifs is 2. The van der Waals surface area contributed by atoms with E-state index in [1.165, 1.54) is 0 Å². The molecular weight excluding hydrogens is 278 g/mol. The van der Waals surface area contributed by atoms with Crippen LogP contribution >= 0.6 is 0 Å². The minimum Gasteiger partial charge on any atom is -0.497 e. The number of hydrogen-bond donors (Lipinski definition) is 0. The van der Waals surface area contributed by atoms with Gasteiger partial charge in [-0.1, -0.05) is 6.07 Å². The third-order valence-electron chi connectivity index (χ3n) is 3.89. The van der Waals surface area contributed by atoms with Crippen molar-refractivity contribution in [3.8, 4) is 5.75 Å². The lowest BCUT2D eigenvalue weighted by Crippen LogP contribution is -2.22. The second kappa shape index (κ2) is 4.80. The molecule has 22 heavy (non-hydrogen) atoms. The second-order valence-corrected chi connectivity index (χ2v) is 5.14. The summed E-state index contributed by atoms with van der Waals surface area (Å²) in [6, 6.07) is 11.3. The van der Waals surface area contributed by atoms with Crippen LogP contribution in [0.4, 0.5) is 5.69 Å².